The molecule has 1 aliphatic rings. The van der Waals surface area contributed by atoms with E-state index in [2.05, 4.69) is 11.4 Å². The lowest BCUT2D eigenvalue weighted by Crippen LogP contribution is -2.31. The third-order valence-electron chi connectivity index (χ3n) is 6.27. The minimum atomic E-state index is -1.53. The quantitative estimate of drug-likeness (QED) is 0.523. The Morgan fingerprint density at radius 2 is 1.68 bits per heavy atom. The molecule has 3 atom stereocenters. The van der Waals surface area contributed by atoms with Gasteiger partial charge in [0.05, 0.1) is 11.5 Å². The molecule has 0 radical (unpaired) electrons. The second kappa shape index (κ2) is 7.68. The summed E-state index contributed by atoms with van der Waals surface area (Å²) in [6.07, 6.45) is 0. The molecule has 0 aliphatic heterocycles. The molecule has 3 aromatic rings. The second-order valence-corrected chi connectivity index (χ2v) is 8.56. The van der Waals surface area contributed by atoms with Crippen molar-refractivity contribution in [2.45, 2.75) is 19.8 Å². The number of anilines is 1. The summed E-state index contributed by atoms with van der Waals surface area (Å²) in [6.45, 7) is 3.63. The molecule has 4 nitrogen and oxygen atoms in total. The number of rotatable bonds is 5. The van der Waals surface area contributed by atoms with Gasteiger partial charge >= 0.3 is 0 Å². The van der Waals surface area contributed by atoms with E-state index in [9.17, 15) is 14.9 Å². The zero-order valence-corrected chi connectivity index (χ0v) is 18.0. The zero-order valence-electron chi connectivity index (χ0n) is 17.2. The van der Waals surface area contributed by atoms with Gasteiger partial charge in [-0.25, -0.2) is 0 Å². The number of carbonyl (C=O) groups is 2. The van der Waals surface area contributed by atoms with Gasteiger partial charge in [0.15, 0.2) is 11.2 Å². The summed E-state index contributed by atoms with van der Waals surface area (Å²) in [5.41, 5.74) is 0.0417. The maximum Gasteiger partial charge on any atom is 0.246 e. The molecule has 0 aromatic heterocycles. The van der Waals surface area contributed by atoms with E-state index in [0.29, 0.717) is 16.3 Å². The fourth-order valence-corrected chi connectivity index (χ4v) is 4.74. The summed E-state index contributed by atoms with van der Waals surface area (Å²) in [4.78, 5) is 27.2. The SMILES string of the molecule is Cc1cccc(NC(=O)C2(C#N)C(c3ccccc3)C2(C)C(=O)c2ccc(Cl)cc2)c1. The summed E-state index contributed by atoms with van der Waals surface area (Å²) in [6, 6.07) is 25.4. The Labute approximate surface area is 186 Å². The Morgan fingerprint density at radius 1 is 1.00 bits per heavy atom. The molecule has 0 saturated heterocycles. The molecule has 154 valence electrons. The highest BCUT2D eigenvalue weighted by Gasteiger charge is 2.82. The number of hydrogen-bond acceptors (Lipinski definition) is 3. The molecule has 3 aromatic carbocycles. The van der Waals surface area contributed by atoms with Gasteiger partial charge in [-0.15, -0.1) is 0 Å². The standard InChI is InChI=1S/C26H21ClN2O2/c1-17-7-6-10-21(15-17)29-24(31)26(16-28)22(18-8-4-3-5-9-18)25(26,2)23(30)19-11-13-20(27)14-12-19/h3-15,22H,1-2H3,(H,29,31). The van der Waals surface area contributed by atoms with Crippen molar-refractivity contribution in [2.75, 3.05) is 5.32 Å². The van der Waals surface area contributed by atoms with Crippen LogP contribution in [-0.4, -0.2) is 11.7 Å². The van der Waals surface area contributed by atoms with Crippen LogP contribution in [0.15, 0.2) is 78.9 Å². The lowest BCUT2D eigenvalue weighted by atomic mass is 9.87. The highest BCUT2D eigenvalue weighted by molar-refractivity contribution is 6.30. The first kappa shape index (κ1) is 20.8. The van der Waals surface area contributed by atoms with Crippen LogP contribution in [0, 0.1) is 29.1 Å². The summed E-state index contributed by atoms with van der Waals surface area (Å²) in [7, 11) is 0. The maximum atomic E-state index is 13.6. The van der Waals surface area contributed by atoms with E-state index in [1.54, 1.807) is 37.3 Å². The van der Waals surface area contributed by atoms with Crippen molar-refractivity contribution in [3.05, 3.63) is 101 Å². The largest absolute Gasteiger partial charge is 0.325 e. The average Bonchev–Trinajstić information content (AvgIpc) is 3.35. The molecule has 1 aliphatic carbocycles. The third kappa shape index (κ3) is 3.22. The number of Topliss-reactive ketones (excluding diaryl/α,β-unsaturated/α-hetero) is 1. The maximum absolute atomic E-state index is 13.6. The summed E-state index contributed by atoms with van der Waals surface area (Å²) in [5.74, 6) is -1.29. The minimum Gasteiger partial charge on any atom is -0.325 e. The van der Waals surface area contributed by atoms with Gasteiger partial charge in [-0.05, 0) is 61.4 Å². The molecule has 1 saturated carbocycles. The number of amides is 1. The van der Waals surface area contributed by atoms with E-state index in [1.165, 1.54) is 0 Å². The molecule has 0 bridgehead atoms. The number of benzene rings is 3. The molecule has 0 heterocycles. The van der Waals surface area contributed by atoms with Crippen LogP contribution in [0.25, 0.3) is 0 Å². The first-order valence-corrected chi connectivity index (χ1v) is 10.4. The van der Waals surface area contributed by atoms with Crippen LogP contribution in [0.4, 0.5) is 5.69 Å². The lowest BCUT2D eigenvalue weighted by molar-refractivity contribution is -0.120. The van der Waals surface area contributed by atoms with Crippen LogP contribution in [0.5, 0.6) is 0 Å². The van der Waals surface area contributed by atoms with Crippen molar-refractivity contribution in [3.8, 4) is 6.07 Å². The first-order chi connectivity index (χ1) is 14.8. The minimum absolute atomic E-state index is 0.251. The molecular formula is C26H21ClN2O2. The van der Waals surface area contributed by atoms with E-state index >= 15 is 0 Å². The van der Waals surface area contributed by atoms with Crippen molar-refractivity contribution in [1.82, 2.24) is 0 Å². The lowest BCUT2D eigenvalue weighted by Gasteiger charge is -2.16. The normalized spacial score (nSPS) is 24.1. The van der Waals surface area contributed by atoms with Crippen LogP contribution in [0.1, 0.15) is 34.3 Å². The second-order valence-electron chi connectivity index (χ2n) is 8.13. The Hall–Kier alpha value is -3.42. The zero-order chi connectivity index (χ0) is 22.2. The smallest absolute Gasteiger partial charge is 0.246 e. The van der Waals surface area contributed by atoms with E-state index in [0.717, 1.165) is 11.1 Å². The van der Waals surface area contributed by atoms with Crippen LogP contribution in [-0.2, 0) is 4.79 Å². The van der Waals surface area contributed by atoms with Crippen molar-refractivity contribution < 1.29 is 9.59 Å². The molecule has 1 amide bonds. The first-order valence-electron chi connectivity index (χ1n) is 9.99. The average molecular weight is 429 g/mol. The van der Waals surface area contributed by atoms with E-state index in [-0.39, 0.29) is 5.78 Å². The summed E-state index contributed by atoms with van der Waals surface area (Å²) in [5, 5.41) is 13.7. The van der Waals surface area contributed by atoms with Crippen molar-refractivity contribution in [3.63, 3.8) is 0 Å². The molecule has 4 rings (SSSR count). The van der Waals surface area contributed by atoms with E-state index in [4.69, 9.17) is 11.6 Å². The van der Waals surface area contributed by atoms with Gasteiger partial charge < -0.3 is 5.32 Å². The Bertz CT molecular complexity index is 1200. The topological polar surface area (TPSA) is 70.0 Å². The number of ketones is 1. The molecule has 3 unspecified atom stereocenters. The van der Waals surface area contributed by atoms with Crippen molar-refractivity contribution in [2.24, 2.45) is 10.8 Å². The number of nitrogens with zero attached hydrogens (tertiary/aromatic N) is 1. The van der Waals surface area contributed by atoms with Gasteiger partial charge in [-0.2, -0.15) is 5.26 Å². The fraction of sp³-hybridized carbons (Fsp3) is 0.192. The van der Waals surface area contributed by atoms with Crippen LogP contribution in [0.3, 0.4) is 0 Å². The number of halogens is 1. The highest BCUT2D eigenvalue weighted by atomic mass is 35.5. The predicted molar refractivity (Wildman–Crippen MR) is 121 cm³/mol. The molecule has 31 heavy (non-hydrogen) atoms. The summed E-state index contributed by atoms with van der Waals surface area (Å²) < 4.78 is 0. The van der Waals surface area contributed by atoms with Gasteiger partial charge in [-0.3, -0.25) is 9.59 Å². The molecule has 5 heteroatoms. The number of hydrogen-bond donors (Lipinski definition) is 1. The van der Waals surface area contributed by atoms with E-state index in [1.807, 2.05) is 55.5 Å². The molecular weight excluding hydrogens is 408 g/mol. The highest BCUT2D eigenvalue weighted by Crippen LogP contribution is 2.75. The fourth-order valence-electron chi connectivity index (χ4n) is 4.61. The predicted octanol–water partition coefficient (Wildman–Crippen LogP) is 5.78. The Kier molecular flexibility index (Phi) is 5.16. The number of carbonyl (C=O) groups excluding carboxylic acids is 2. The van der Waals surface area contributed by atoms with E-state index < -0.39 is 22.7 Å². The third-order valence-corrected chi connectivity index (χ3v) is 6.52. The Balaban J connectivity index is 1.79. The van der Waals surface area contributed by atoms with Crippen LogP contribution >= 0.6 is 11.6 Å². The monoisotopic (exact) mass is 428 g/mol. The van der Waals surface area contributed by atoms with Gasteiger partial charge in [0.1, 0.15) is 0 Å². The van der Waals surface area contributed by atoms with Crippen LogP contribution in [0.2, 0.25) is 5.02 Å². The van der Waals surface area contributed by atoms with Crippen molar-refractivity contribution in [1.29, 1.82) is 5.26 Å². The van der Waals surface area contributed by atoms with Gasteiger partial charge in [0, 0.05) is 22.2 Å². The summed E-state index contributed by atoms with van der Waals surface area (Å²) >= 11 is 5.98. The number of aryl methyl sites for hydroxylation is 1. The van der Waals surface area contributed by atoms with Crippen LogP contribution < -0.4 is 5.32 Å². The van der Waals surface area contributed by atoms with Gasteiger partial charge in [0.2, 0.25) is 5.91 Å². The van der Waals surface area contributed by atoms with Gasteiger partial charge in [0.25, 0.3) is 0 Å². The molecule has 0 spiro atoms. The Morgan fingerprint density at radius 3 is 2.29 bits per heavy atom. The molecule has 1 fully saturated rings. The van der Waals surface area contributed by atoms with Gasteiger partial charge in [-0.1, -0.05) is 54.1 Å². The molecule has 1 N–H and O–H groups in total. The number of nitriles is 1. The number of nitrogens with one attached hydrogen (secondary N) is 1. The van der Waals surface area contributed by atoms with Crippen molar-refractivity contribution >= 4 is 29.0 Å².